The molecule has 1 aromatic heterocycles. The molecule has 0 saturated heterocycles. The van der Waals surface area contributed by atoms with Crippen LogP contribution in [-0.4, -0.2) is 27.7 Å². The summed E-state index contributed by atoms with van der Waals surface area (Å²) in [4.78, 5) is 0. The first-order valence-corrected chi connectivity index (χ1v) is 6.13. The molecule has 0 amide bonds. The van der Waals surface area contributed by atoms with Crippen LogP contribution in [0.5, 0.6) is 0 Å². The average molecular weight is 228 g/mol. The summed E-state index contributed by atoms with van der Waals surface area (Å²) in [6, 6.07) is 2.62. The van der Waals surface area contributed by atoms with E-state index in [0.29, 0.717) is 11.4 Å². The highest BCUT2D eigenvalue weighted by Crippen LogP contribution is 2.22. The first kappa shape index (κ1) is 11.0. The second-order valence-corrected chi connectivity index (χ2v) is 4.79. The topological polar surface area (TPSA) is 29.9 Å². The van der Waals surface area contributed by atoms with Gasteiger partial charge in [-0.25, -0.2) is 0 Å². The molecule has 1 aromatic rings. The average Bonchev–Trinajstić information content (AvgIpc) is 2.74. The maximum atomic E-state index is 6.06. The minimum absolute atomic E-state index is 0.411. The fourth-order valence-corrected chi connectivity index (χ4v) is 2.32. The Kier molecular flexibility index (Phi) is 4.03. The zero-order valence-corrected chi connectivity index (χ0v) is 9.66. The summed E-state index contributed by atoms with van der Waals surface area (Å²) in [7, 11) is 0. The van der Waals surface area contributed by atoms with Crippen LogP contribution in [0.1, 0.15) is 25.7 Å². The first-order chi connectivity index (χ1) is 7.34. The van der Waals surface area contributed by atoms with Crippen molar-refractivity contribution in [1.29, 1.82) is 0 Å². The van der Waals surface area contributed by atoms with Gasteiger partial charge in [0.15, 0.2) is 0 Å². The van der Waals surface area contributed by atoms with Crippen molar-refractivity contribution in [2.75, 3.05) is 6.54 Å². The van der Waals surface area contributed by atoms with E-state index in [2.05, 4.69) is 10.4 Å². The van der Waals surface area contributed by atoms with Gasteiger partial charge in [-0.2, -0.15) is 5.10 Å². The maximum absolute atomic E-state index is 6.06. The summed E-state index contributed by atoms with van der Waals surface area (Å²) < 4.78 is 1.96. The molecule has 1 heterocycles. The van der Waals surface area contributed by atoms with Crippen molar-refractivity contribution >= 4 is 11.6 Å². The van der Waals surface area contributed by atoms with Crippen molar-refractivity contribution in [2.24, 2.45) is 0 Å². The van der Waals surface area contributed by atoms with Gasteiger partial charge in [0.05, 0.1) is 6.54 Å². The van der Waals surface area contributed by atoms with Crippen LogP contribution in [0.3, 0.4) is 0 Å². The summed E-state index contributed by atoms with van der Waals surface area (Å²) >= 11 is 6.06. The molecule has 3 nitrogen and oxygen atoms in total. The van der Waals surface area contributed by atoms with E-state index < -0.39 is 0 Å². The van der Waals surface area contributed by atoms with Crippen LogP contribution in [0, 0.1) is 0 Å². The van der Waals surface area contributed by atoms with Crippen LogP contribution >= 0.6 is 11.6 Å². The zero-order chi connectivity index (χ0) is 10.5. The number of hydrogen-bond acceptors (Lipinski definition) is 2. The highest BCUT2D eigenvalue weighted by atomic mass is 35.5. The number of alkyl halides is 1. The van der Waals surface area contributed by atoms with Crippen molar-refractivity contribution in [2.45, 2.75) is 43.6 Å². The van der Waals surface area contributed by atoms with Gasteiger partial charge in [0.25, 0.3) is 0 Å². The van der Waals surface area contributed by atoms with Gasteiger partial charge < -0.3 is 5.32 Å². The minimum Gasteiger partial charge on any atom is -0.312 e. The standard InChI is InChI=1S/C11H18ClN3/c12-10-2-4-11(5-3-10)13-7-9-15-8-1-6-14-15/h1,6,8,10-11,13H,2-5,7,9H2. The quantitative estimate of drug-likeness (QED) is 0.798. The lowest BCUT2D eigenvalue weighted by molar-refractivity contribution is 0.368. The fourth-order valence-electron chi connectivity index (χ4n) is 2.07. The van der Waals surface area contributed by atoms with Gasteiger partial charge in [0.1, 0.15) is 0 Å². The number of aromatic nitrogens is 2. The lowest BCUT2D eigenvalue weighted by Crippen LogP contribution is -2.35. The largest absolute Gasteiger partial charge is 0.312 e. The molecule has 0 spiro atoms. The van der Waals surface area contributed by atoms with Crippen molar-refractivity contribution < 1.29 is 0 Å². The molecule has 1 aliphatic rings. The second kappa shape index (κ2) is 5.52. The molecular formula is C11H18ClN3. The third kappa shape index (κ3) is 3.50. The van der Waals surface area contributed by atoms with E-state index in [9.17, 15) is 0 Å². The summed E-state index contributed by atoms with van der Waals surface area (Å²) in [5, 5.41) is 8.14. The molecule has 1 saturated carbocycles. The van der Waals surface area contributed by atoms with Crippen molar-refractivity contribution in [1.82, 2.24) is 15.1 Å². The van der Waals surface area contributed by atoms with Gasteiger partial charge in [0.2, 0.25) is 0 Å². The van der Waals surface area contributed by atoms with Gasteiger partial charge in [-0.15, -0.1) is 11.6 Å². The van der Waals surface area contributed by atoms with Crippen molar-refractivity contribution in [3.63, 3.8) is 0 Å². The number of nitrogens with one attached hydrogen (secondary N) is 1. The second-order valence-electron chi connectivity index (χ2n) is 4.17. The third-order valence-electron chi connectivity index (χ3n) is 2.99. The van der Waals surface area contributed by atoms with Crippen LogP contribution in [-0.2, 0) is 6.54 Å². The molecule has 0 atom stereocenters. The first-order valence-electron chi connectivity index (χ1n) is 5.69. The lowest BCUT2D eigenvalue weighted by atomic mass is 9.95. The van der Waals surface area contributed by atoms with Gasteiger partial charge >= 0.3 is 0 Å². The molecule has 1 aliphatic carbocycles. The number of halogens is 1. The van der Waals surface area contributed by atoms with E-state index in [0.717, 1.165) is 25.9 Å². The Morgan fingerprint density at radius 3 is 2.80 bits per heavy atom. The van der Waals surface area contributed by atoms with Gasteiger partial charge in [-0.1, -0.05) is 0 Å². The molecule has 4 heteroatoms. The van der Waals surface area contributed by atoms with E-state index in [1.807, 2.05) is 23.1 Å². The molecule has 1 N–H and O–H groups in total. The van der Waals surface area contributed by atoms with Crippen LogP contribution in [0.2, 0.25) is 0 Å². The fraction of sp³-hybridized carbons (Fsp3) is 0.727. The molecular weight excluding hydrogens is 210 g/mol. The van der Waals surface area contributed by atoms with E-state index in [1.165, 1.54) is 12.8 Å². The van der Waals surface area contributed by atoms with Gasteiger partial charge in [-0.05, 0) is 31.7 Å². The lowest BCUT2D eigenvalue weighted by Gasteiger charge is -2.25. The molecule has 0 aliphatic heterocycles. The third-order valence-corrected chi connectivity index (χ3v) is 3.43. The Labute approximate surface area is 95.8 Å². The molecule has 2 rings (SSSR count). The smallest absolute Gasteiger partial charge is 0.0534 e. The normalized spacial score (nSPS) is 26.7. The SMILES string of the molecule is ClC1CCC(NCCn2cccn2)CC1. The molecule has 0 radical (unpaired) electrons. The summed E-state index contributed by atoms with van der Waals surface area (Å²) in [5.41, 5.74) is 0. The molecule has 0 unspecified atom stereocenters. The maximum Gasteiger partial charge on any atom is 0.0534 e. The summed E-state index contributed by atoms with van der Waals surface area (Å²) in [6.45, 7) is 1.95. The van der Waals surface area contributed by atoms with Crippen molar-refractivity contribution in [3.05, 3.63) is 18.5 Å². The summed E-state index contributed by atoms with van der Waals surface area (Å²) in [6.07, 6.45) is 8.55. The summed E-state index contributed by atoms with van der Waals surface area (Å²) in [5.74, 6) is 0. The van der Waals surface area contributed by atoms with E-state index in [-0.39, 0.29) is 0 Å². The van der Waals surface area contributed by atoms with E-state index >= 15 is 0 Å². The monoisotopic (exact) mass is 227 g/mol. The van der Waals surface area contributed by atoms with Crippen LogP contribution in [0.15, 0.2) is 18.5 Å². The predicted octanol–water partition coefficient (Wildman–Crippen LogP) is 2.02. The van der Waals surface area contributed by atoms with Crippen LogP contribution in [0.4, 0.5) is 0 Å². The number of rotatable bonds is 4. The number of hydrogen-bond donors (Lipinski definition) is 1. The van der Waals surface area contributed by atoms with Gasteiger partial charge in [0, 0.05) is 30.4 Å². The van der Waals surface area contributed by atoms with E-state index in [1.54, 1.807) is 0 Å². The minimum atomic E-state index is 0.411. The zero-order valence-electron chi connectivity index (χ0n) is 8.90. The molecule has 1 fully saturated rings. The highest BCUT2D eigenvalue weighted by molar-refractivity contribution is 6.20. The Balaban J connectivity index is 1.62. The Morgan fingerprint density at radius 1 is 1.33 bits per heavy atom. The predicted molar refractivity (Wildman–Crippen MR) is 62.1 cm³/mol. The van der Waals surface area contributed by atoms with Crippen molar-refractivity contribution in [3.8, 4) is 0 Å². The number of nitrogens with zero attached hydrogens (tertiary/aromatic N) is 2. The van der Waals surface area contributed by atoms with Crippen LogP contribution < -0.4 is 5.32 Å². The Hall–Kier alpha value is -0.540. The molecule has 0 aromatic carbocycles. The van der Waals surface area contributed by atoms with Gasteiger partial charge in [-0.3, -0.25) is 4.68 Å². The van der Waals surface area contributed by atoms with Crippen LogP contribution in [0.25, 0.3) is 0 Å². The molecule has 0 bridgehead atoms. The molecule has 84 valence electrons. The molecule has 15 heavy (non-hydrogen) atoms. The Bertz CT molecular complexity index is 265. The van der Waals surface area contributed by atoms with E-state index in [4.69, 9.17) is 11.6 Å². The Morgan fingerprint density at radius 2 is 2.13 bits per heavy atom. The highest BCUT2D eigenvalue weighted by Gasteiger charge is 2.18.